The van der Waals surface area contributed by atoms with Crippen LogP contribution in [0.15, 0.2) is 54.7 Å². The van der Waals surface area contributed by atoms with Crippen molar-refractivity contribution in [3.05, 3.63) is 77.9 Å². The van der Waals surface area contributed by atoms with Crippen LogP contribution in [-0.2, 0) is 0 Å². The Morgan fingerprint density at radius 1 is 0.880 bits per heavy atom. The van der Waals surface area contributed by atoms with Crippen LogP contribution < -0.4 is 0 Å². The molecule has 0 unspecified atom stereocenters. The smallest absolute Gasteiger partial charge is 0.161 e. The van der Waals surface area contributed by atoms with Crippen molar-refractivity contribution in [2.24, 2.45) is 0 Å². The molecule has 3 heterocycles. The Hall–Kier alpha value is -3.15. The highest BCUT2D eigenvalue weighted by Gasteiger charge is 2.21. The quantitative estimate of drug-likeness (QED) is 0.492. The number of hydrogen-bond donors (Lipinski definition) is 0. The summed E-state index contributed by atoms with van der Waals surface area (Å²) in [5, 5.41) is 4.46. The van der Waals surface area contributed by atoms with Crippen LogP contribution in [0.3, 0.4) is 0 Å². The minimum absolute atomic E-state index is 0.0570. The van der Waals surface area contributed by atoms with Gasteiger partial charge in [-0.25, -0.2) is 17.7 Å². The van der Waals surface area contributed by atoms with Crippen molar-refractivity contribution in [2.45, 2.75) is 6.92 Å². The van der Waals surface area contributed by atoms with Crippen molar-refractivity contribution in [3.63, 3.8) is 0 Å². The first-order valence-electron chi connectivity index (χ1n) is 7.61. The number of halogens is 3. The van der Waals surface area contributed by atoms with Crippen LogP contribution in [-0.4, -0.2) is 14.6 Å². The number of pyridine rings is 2. The van der Waals surface area contributed by atoms with Crippen LogP contribution in [0.1, 0.15) is 5.69 Å². The standard InChI is InChI=1S/C19H12F3N3/c1-11-5-4-6-16(23-11)19-18(17-7-2-3-8-25(17)24-19)12-9-14(21)15(22)10-13(12)20/h2-10H,1H3. The number of hydrogen-bond acceptors (Lipinski definition) is 2. The molecule has 0 aliphatic carbocycles. The molecule has 4 aromatic rings. The Morgan fingerprint density at radius 3 is 2.48 bits per heavy atom. The van der Waals surface area contributed by atoms with Gasteiger partial charge in [-0.2, -0.15) is 5.10 Å². The molecule has 3 nitrogen and oxygen atoms in total. The predicted molar refractivity (Wildman–Crippen MR) is 88.5 cm³/mol. The Morgan fingerprint density at radius 2 is 1.68 bits per heavy atom. The van der Waals surface area contributed by atoms with Crippen LogP contribution in [0.25, 0.3) is 28.0 Å². The molecule has 0 N–H and O–H groups in total. The third-order valence-electron chi connectivity index (χ3n) is 3.95. The summed E-state index contributed by atoms with van der Waals surface area (Å²) in [6.07, 6.45) is 1.70. The average molecular weight is 339 g/mol. The van der Waals surface area contributed by atoms with E-state index in [4.69, 9.17) is 0 Å². The Balaban J connectivity index is 2.09. The summed E-state index contributed by atoms with van der Waals surface area (Å²) >= 11 is 0. The molecule has 4 rings (SSSR count). The molecule has 0 fully saturated rings. The Labute approximate surface area is 141 Å². The number of aryl methyl sites for hydroxylation is 1. The van der Waals surface area contributed by atoms with Crippen LogP contribution in [0, 0.1) is 24.4 Å². The van der Waals surface area contributed by atoms with Crippen molar-refractivity contribution in [3.8, 4) is 22.5 Å². The fourth-order valence-electron chi connectivity index (χ4n) is 2.83. The summed E-state index contributed by atoms with van der Waals surface area (Å²) < 4.78 is 43.1. The first-order valence-corrected chi connectivity index (χ1v) is 7.61. The van der Waals surface area contributed by atoms with Crippen molar-refractivity contribution in [2.75, 3.05) is 0 Å². The lowest BCUT2D eigenvalue weighted by atomic mass is 10.0. The van der Waals surface area contributed by atoms with Crippen LogP contribution in [0.5, 0.6) is 0 Å². The molecule has 0 bridgehead atoms. The van der Waals surface area contributed by atoms with E-state index in [0.29, 0.717) is 28.5 Å². The second kappa shape index (κ2) is 5.73. The van der Waals surface area contributed by atoms with Gasteiger partial charge in [0.2, 0.25) is 0 Å². The lowest BCUT2D eigenvalue weighted by molar-refractivity contribution is 0.496. The van der Waals surface area contributed by atoms with Gasteiger partial charge in [-0.1, -0.05) is 12.1 Å². The minimum atomic E-state index is -1.23. The molecule has 3 aromatic heterocycles. The summed E-state index contributed by atoms with van der Waals surface area (Å²) in [6, 6.07) is 12.1. The molecule has 0 amide bonds. The van der Waals surface area contributed by atoms with E-state index in [1.165, 1.54) is 0 Å². The highest BCUT2D eigenvalue weighted by atomic mass is 19.2. The summed E-state index contributed by atoms with van der Waals surface area (Å²) in [5.41, 5.74) is 2.59. The van der Waals surface area contributed by atoms with E-state index < -0.39 is 17.5 Å². The van der Waals surface area contributed by atoms with Gasteiger partial charge in [-0.3, -0.25) is 4.98 Å². The third-order valence-corrected chi connectivity index (χ3v) is 3.95. The molecule has 0 radical (unpaired) electrons. The fraction of sp³-hybridized carbons (Fsp3) is 0.0526. The number of nitrogens with zero attached hydrogens (tertiary/aromatic N) is 3. The molecular formula is C19H12F3N3. The lowest BCUT2D eigenvalue weighted by Crippen LogP contribution is -1.94. The van der Waals surface area contributed by atoms with Gasteiger partial charge < -0.3 is 0 Å². The Kier molecular flexibility index (Phi) is 3.53. The molecule has 0 aliphatic rings. The monoisotopic (exact) mass is 339 g/mol. The van der Waals surface area contributed by atoms with Gasteiger partial charge in [-0.15, -0.1) is 0 Å². The first kappa shape index (κ1) is 15.4. The van der Waals surface area contributed by atoms with Gasteiger partial charge in [0.15, 0.2) is 11.6 Å². The second-order valence-corrected chi connectivity index (χ2v) is 5.66. The SMILES string of the molecule is Cc1cccc(-c2nn3ccccc3c2-c2cc(F)c(F)cc2F)n1. The molecule has 0 saturated heterocycles. The number of benzene rings is 1. The van der Waals surface area contributed by atoms with E-state index in [1.54, 1.807) is 35.0 Å². The van der Waals surface area contributed by atoms with E-state index in [-0.39, 0.29) is 5.56 Å². The zero-order chi connectivity index (χ0) is 17.6. The third kappa shape index (κ3) is 2.55. The normalized spacial score (nSPS) is 11.2. The average Bonchev–Trinajstić information content (AvgIpc) is 2.97. The van der Waals surface area contributed by atoms with E-state index in [0.717, 1.165) is 11.8 Å². The highest BCUT2D eigenvalue weighted by Crippen LogP contribution is 2.36. The highest BCUT2D eigenvalue weighted by molar-refractivity contribution is 5.91. The zero-order valence-corrected chi connectivity index (χ0v) is 13.2. The maximum atomic E-state index is 14.4. The van der Waals surface area contributed by atoms with Crippen LogP contribution in [0.2, 0.25) is 0 Å². The molecule has 0 spiro atoms. The topological polar surface area (TPSA) is 30.2 Å². The number of aromatic nitrogens is 3. The number of fused-ring (bicyclic) bond motifs is 1. The van der Waals surface area contributed by atoms with Crippen molar-refractivity contribution in [1.29, 1.82) is 0 Å². The second-order valence-electron chi connectivity index (χ2n) is 5.66. The molecule has 124 valence electrons. The summed E-state index contributed by atoms with van der Waals surface area (Å²) in [4.78, 5) is 4.43. The lowest BCUT2D eigenvalue weighted by Gasteiger charge is -2.06. The molecule has 25 heavy (non-hydrogen) atoms. The van der Waals surface area contributed by atoms with E-state index in [2.05, 4.69) is 10.1 Å². The van der Waals surface area contributed by atoms with E-state index >= 15 is 0 Å². The van der Waals surface area contributed by atoms with Crippen LogP contribution >= 0.6 is 0 Å². The largest absolute Gasteiger partial charge is 0.251 e. The number of rotatable bonds is 2. The van der Waals surface area contributed by atoms with Crippen LogP contribution in [0.4, 0.5) is 13.2 Å². The predicted octanol–water partition coefficient (Wildman–Crippen LogP) is 4.79. The summed E-state index contributed by atoms with van der Waals surface area (Å²) in [6.45, 7) is 1.83. The van der Waals surface area contributed by atoms with Gasteiger partial charge >= 0.3 is 0 Å². The molecule has 1 aromatic carbocycles. The summed E-state index contributed by atoms with van der Waals surface area (Å²) in [7, 11) is 0. The minimum Gasteiger partial charge on any atom is -0.251 e. The van der Waals surface area contributed by atoms with Crippen molar-refractivity contribution >= 4 is 5.52 Å². The molecule has 6 heteroatoms. The fourth-order valence-corrected chi connectivity index (χ4v) is 2.83. The Bertz CT molecular complexity index is 1100. The maximum absolute atomic E-state index is 14.4. The first-order chi connectivity index (χ1) is 12.0. The van der Waals surface area contributed by atoms with Crippen molar-refractivity contribution in [1.82, 2.24) is 14.6 Å². The van der Waals surface area contributed by atoms with Gasteiger partial charge in [0.25, 0.3) is 0 Å². The van der Waals surface area contributed by atoms with Gasteiger partial charge in [0, 0.05) is 29.1 Å². The maximum Gasteiger partial charge on any atom is 0.161 e. The van der Waals surface area contributed by atoms with Gasteiger partial charge in [0.1, 0.15) is 11.5 Å². The van der Waals surface area contributed by atoms with Gasteiger partial charge in [0.05, 0.1) is 11.2 Å². The molecular weight excluding hydrogens is 327 g/mol. The molecule has 0 aliphatic heterocycles. The van der Waals surface area contributed by atoms with E-state index in [9.17, 15) is 13.2 Å². The zero-order valence-electron chi connectivity index (χ0n) is 13.2. The molecule has 0 atom stereocenters. The van der Waals surface area contributed by atoms with Gasteiger partial charge in [-0.05, 0) is 37.3 Å². The summed E-state index contributed by atoms with van der Waals surface area (Å²) in [5.74, 6) is -3.20. The van der Waals surface area contributed by atoms with E-state index in [1.807, 2.05) is 19.1 Å². The van der Waals surface area contributed by atoms with Crippen molar-refractivity contribution < 1.29 is 13.2 Å². The molecule has 0 saturated carbocycles.